The predicted molar refractivity (Wildman–Crippen MR) is 71.5 cm³/mol. The van der Waals surface area contributed by atoms with Gasteiger partial charge in [0.1, 0.15) is 0 Å². The highest BCUT2D eigenvalue weighted by Gasteiger charge is 2.13. The van der Waals surface area contributed by atoms with Crippen molar-refractivity contribution >= 4 is 5.97 Å². The van der Waals surface area contributed by atoms with Crippen molar-refractivity contribution in [2.45, 2.75) is 64.5 Å². The van der Waals surface area contributed by atoms with E-state index < -0.39 is 0 Å². The van der Waals surface area contributed by atoms with Gasteiger partial charge in [-0.1, -0.05) is 19.3 Å². The molecule has 0 amide bonds. The van der Waals surface area contributed by atoms with Crippen molar-refractivity contribution in [2.24, 2.45) is 0 Å². The molecule has 4 nitrogen and oxygen atoms in total. The van der Waals surface area contributed by atoms with E-state index in [0.717, 1.165) is 13.2 Å². The summed E-state index contributed by atoms with van der Waals surface area (Å²) in [4.78, 5) is 11.2. The second-order valence-electron chi connectivity index (χ2n) is 5.00. The zero-order chi connectivity index (χ0) is 13.2. The van der Waals surface area contributed by atoms with Crippen LogP contribution in [0.5, 0.6) is 0 Å². The van der Waals surface area contributed by atoms with Crippen LogP contribution in [0.1, 0.15) is 52.4 Å². The second kappa shape index (κ2) is 9.34. The highest BCUT2D eigenvalue weighted by atomic mass is 16.5. The molecule has 1 rings (SSSR count). The fourth-order valence-corrected chi connectivity index (χ4v) is 2.30. The molecule has 1 aliphatic rings. The summed E-state index contributed by atoms with van der Waals surface area (Å²) in [5.74, 6) is -0.134. The van der Waals surface area contributed by atoms with Gasteiger partial charge in [0.25, 0.3) is 0 Å². The van der Waals surface area contributed by atoms with Gasteiger partial charge in [0, 0.05) is 12.6 Å². The Morgan fingerprint density at radius 1 is 1.33 bits per heavy atom. The zero-order valence-electron chi connectivity index (χ0n) is 11.7. The monoisotopic (exact) mass is 257 g/mol. The first-order valence-corrected chi connectivity index (χ1v) is 7.23. The highest BCUT2D eigenvalue weighted by molar-refractivity contribution is 5.69. The van der Waals surface area contributed by atoms with E-state index in [0.29, 0.717) is 19.1 Å². The molecule has 106 valence electrons. The van der Waals surface area contributed by atoms with Gasteiger partial charge in [0.2, 0.25) is 0 Å². The summed E-state index contributed by atoms with van der Waals surface area (Å²) in [7, 11) is 0. The zero-order valence-corrected chi connectivity index (χ0v) is 11.7. The van der Waals surface area contributed by atoms with Crippen LogP contribution >= 0.6 is 0 Å². The Kier molecular flexibility index (Phi) is 8.01. The number of esters is 1. The van der Waals surface area contributed by atoms with Gasteiger partial charge < -0.3 is 14.8 Å². The molecule has 0 radical (unpaired) electrons. The lowest BCUT2D eigenvalue weighted by Gasteiger charge is -2.22. The number of nitrogens with one attached hydrogen (secondary N) is 1. The maximum Gasteiger partial charge on any atom is 0.307 e. The number of hydrogen-bond donors (Lipinski definition) is 1. The number of hydrogen-bond acceptors (Lipinski definition) is 4. The number of ether oxygens (including phenoxy) is 2. The molecule has 0 aromatic heterocycles. The molecule has 0 saturated heterocycles. The summed E-state index contributed by atoms with van der Waals surface area (Å²) in [6.45, 7) is 5.82. The molecular weight excluding hydrogens is 230 g/mol. The smallest absolute Gasteiger partial charge is 0.307 e. The first kappa shape index (κ1) is 15.4. The first-order chi connectivity index (χ1) is 8.72. The van der Waals surface area contributed by atoms with Crippen LogP contribution in [0, 0.1) is 0 Å². The quantitative estimate of drug-likeness (QED) is 0.535. The van der Waals surface area contributed by atoms with Crippen LogP contribution in [-0.4, -0.2) is 37.9 Å². The van der Waals surface area contributed by atoms with E-state index in [-0.39, 0.29) is 12.0 Å². The summed E-state index contributed by atoms with van der Waals surface area (Å²) in [6, 6.07) is 0.152. The SMILES string of the molecule is CCOC(=O)CC(C)NCCOC1CCCCC1. The standard InChI is InChI=1S/C14H27NO3/c1-3-17-14(16)11-12(2)15-9-10-18-13-7-5-4-6-8-13/h12-13,15H,3-11H2,1-2H3. The van der Waals surface area contributed by atoms with E-state index in [1.54, 1.807) is 0 Å². The van der Waals surface area contributed by atoms with Crippen molar-refractivity contribution in [2.75, 3.05) is 19.8 Å². The maximum atomic E-state index is 11.2. The third kappa shape index (κ3) is 6.97. The van der Waals surface area contributed by atoms with Crippen LogP contribution < -0.4 is 5.32 Å². The molecule has 1 unspecified atom stereocenters. The molecule has 1 saturated carbocycles. The molecule has 1 aliphatic carbocycles. The average Bonchev–Trinajstić information content (AvgIpc) is 2.36. The summed E-state index contributed by atoms with van der Waals surface area (Å²) in [5.41, 5.74) is 0. The van der Waals surface area contributed by atoms with Crippen molar-refractivity contribution in [3.63, 3.8) is 0 Å². The van der Waals surface area contributed by atoms with Crippen molar-refractivity contribution in [3.05, 3.63) is 0 Å². The molecule has 0 bridgehead atoms. The van der Waals surface area contributed by atoms with Gasteiger partial charge in [0.05, 0.1) is 25.7 Å². The van der Waals surface area contributed by atoms with Gasteiger partial charge in [0.15, 0.2) is 0 Å². The molecule has 4 heteroatoms. The Labute approximate surface area is 110 Å². The number of rotatable bonds is 8. The third-order valence-corrected chi connectivity index (χ3v) is 3.28. The molecule has 0 heterocycles. The van der Waals surface area contributed by atoms with Crippen molar-refractivity contribution < 1.29 is 14.3 Å². The van der Waals surface area contributed by atoms with E-state index >= 15 is 0 Å². The van der Waals surface area contributed by atoms with Crippen LogP contribution in [0.3, 0.4) is 0 Å². The summed E-state index contributed by atoms with van der Waals surface area (Å²) < 4.78 is 10.7. The van der Waals surface area contributed by atoms with E-state index in [1.165, 1.54) is 32.1 Å². The third-order valence-electron chi connectivity index (χ3n) is 3.28. The maximum absolute atomic E-state index is 11.2. The Hall–Kier alpha value is -0.610. The van der Waals surface area contributed by atoms with Gasteiger partial charge in [-0.2, -0.15) is 0 Å². The number of carbonyl (C=O) groups excluding carboxylic acids is 1. The summed E-state index contributed by atoms with van der Waals surface area (Å²) in [5, 5.41) is 3.29. The minimum absolute atomic E-state index is 0.134. The van der Waals surface area contributed by atoms with E-state index in [1.807, 2.05) is 13.8 Å². The van der Waals surface area contributed by atoms with Gasteiger partial charge in [-0.3, -0.25) is 4.79 Å². The molecule has 0 spiro atoms. The largest absolute Gasteiger partial charge is 0.466 e. The second-order valence-corrected chi connectivity index (χ2v) is 5.00. The fourth-order valence-electron chi connectivity index (χ4n) is 2.30. The average molecular weight is 257 g/mol. The van der Waals surface area contributed by atoms with E-state index in [9.17, 15) is 4.79 Å². The van der Waals surface area contributed by atoms with Gasteiger partial charge >= 0.3 is 5.97 Å². The summed E-state index contributed by atoms with van der Waals surface area (Å²) in [6.07, 6.45) is 7.26. The first-order valence-electron chi connectivity index (χ1n) is 7.23. The van der Waals surface area contributed by atoms with E-state index in [2.05, 4.69) is 5.32 Å². The van der Waals surface area contributed by atoms with Crippen LogP contribution in [-0.2, 0) is 14.3 Å². The Morgan fingerprint density at radius 2 is 2.06 bits per heavy atom. The Balaban J connectivity index is 1.97. The molecule has 1 N–H and O–H groups in total. The van der Waals surface area contributed by atoms with Gasteiger partial charge in [-0.15, -0.1) is 0 Å². The highest BCUT2D eigenvalue weighted by Crippen LogP contribution is 2.19. The fraction of sp³-hybridized carbons (Fsp3) is 0.929. The van der Waals surface area contributed by atoms with Crippen molar-refractivity contribution in [3.8, 4) is 0 Å². The van der Waals surface area contributed by atoms with Crippen molar-refractivity contribution in [1.29, 1.82) is 0 Å². The lowest BCUT2D eigenvalue weighted by Crippen LogP contribution is -2.33. The molecule has 1 fully saturated rings. The Morgan fingerprint density at radius 3 is 2.72 bits per heavy atom. The summed E-state index contributed by atoms with van der Waals surface area (Å²) >= 11 is 0. The molecule has 0 aromatic rings. The number of carbonyl (C=O) groups is 1. The van der Waals surface area contributed by atoms with Gasteiger partial charge in [-0.05, 0) is 26.7 Å². The van der Waals surface area contributed by atoms with E-state index in [4.69, 9.17) is 9.47 Å². The lowest BCUT2D eigenvalue weighted by atomic mass is 9.98. The van der Waals surface area contributed by atoms with Gasteiger partial charge in [-0.25, -0.2) is 0 Å². The lowest BCUT2D eigenvalue weighted by molar-refractivity contribution is -0.143. The molecule has 1 atom stereocenters. The Bertz CT molecular complexity index is 227. The van der Waals surface area contributed by atoms with Crippen LogP contribution in [0.2, 0.25) is 0 Å². The molecular formula is C14H27NO3. The van der Waals surface area contributed by atoms with Crippen molar-refractivity contribution in [1.82, 2.24) is 5.32 Å². The molecule has 0 aliphatic heterocycles. The van der Waals surface area contributed by atoms with Crippen LogP contribution in [0.15, 0.2) is 0 Å². The van der Waals surface area contributed by atoms with Crippen LogP contribution in [0.25, 0.3) is 0 Å². The van der Waals surface area contributed by atoms with Crippen LogP contribution in [0.4, 0.5) is 0 Å². The molecule has 18 heavy (non-hydrogen) atoms. The minimum Gasteiger partial charge on any atom is -0.466 e. The topological polar surface area (TPSA) is 47.6 Å². The minimum atomic E-state index is -0.134. The normalized spacial score (nSPS) is 18.6. The predicted octanol–water partition coefficient (Wildman–Crippen LogP) is 2.27. The molecule has 0 aromatic carbocycles.